The van der Waals surface area contributed by atoms with Crippen molar-refractivity contribution < 1.29 is 47.1 Å². The second-order valence-corrected chi connectivity index (χ2v) is 29.5. The van der Waals surface area contributed by atoms with E-state index < -0.39 is 44.2 Å². The number of carbonyl (C=O) groups excluding carboxylic acids is 2. The van der Waals surface area contributed by atoms with Gasteiger partial charge in [0.1, 0.15) is 17.8 Å². The Morgan fingerprint density at radius 1 is 0.557 bits per heavy atom. The molecule has 0 saturated carbocycles. The zero-order valence-corrected chi connectivity index (χ0v) is 50.3. The number of benzene rings is 1. The number of carbonyl (C=O) groups is 2. The molecule has 70 heavy (non-hydrogen) atoms. The Morgan fingerprint density at radius 3 is 1.21 bits per heavy atom. The maximum atomic E-state index is 13.5. The van der Waals surface area contributed by atoms with Gasteiger partial charge >= 0.3 is 32.1 Å². The minimum Gasteiger partial charge on any atom is -0.462 e. The SMILES string of the molecule is CNCC(CNC)CSP(=O)(O)N[C@@H](C)C(=O)OC(C)C.CNCC(CNC)CSP(N)(=O)O.CNCC(CNC)CS[P@](=O)(N[C@@H](C)C(=O)OC(C)C)Oc1ccccc1.CNCC(CS)CNC. The van der Waals surface area contributed by atoms with E-state index in [0.29, 0.717) is 34.8 Å². The van der Waals surface area contributed by atoms with E-state index in [1.807, 2.05) is 74.6 Å². The predicted molar refractivity (Wildman–Crippen MR) is 303 cm³/mol. The molecule has 1 rings (SSSR count). The molecule has 21 nitrogen and oxygen atoms in total. The highest BCUT2D eigenvalue weighted by molar-refractivity contribution is 8.56. The summed E-state index contributed by atoms with van der Waals surface area (Å²) in [6, 6.07) is 7.40. The first-order valence-corrected chi connectivity index (χ1v) is 33.7. The van der Waals surface area contributed by atoms with Gasteiger partial charge in [-0.15, -0.1) is 0 Å². The zero-order chi connectivity index (χ0) is 54.2. The molecule has 2 unspecified atom stereocenters. The topological polar surface area (TPSA) is 300 Å². The van der Waals surface area contributed by atoms with E-state index in [0.717, 1.165) is 80.9 Å². The van der Waals surface area contributed by atoms with Crippen LogP contribution in [0.3, 0.4) is 0 Å². The average Bonchev–Trinajstić information content (AvgIpc) is 3.27. The summed E-state index contributed by atoms with van der Waals surface area (Å²) in [5, 5.41) is 30.0. The highest BCUT2D eigenvalue weighted by Crippen LogP contribution is 2.56. The Morgan fingerprint density at radius 2 is 0.886 bits per heavy atom. The summed E-state index contributed by atoms with van der Waals surface area (Å²) in [4.78, 5) is 42.5. The maximum Gasteiger partial charge on any atom is 0.375 e. The van der Waals surface area contributed by atoms with E-state index in [-0.39, 0.29) is 24.0 Å². The number of rotatable bonds is 36. The van der Waals surface area contributed by atoms with Crippen LogP contribution in [0.25, 0.3) is 0 Å². The fourth-order valence-corrected chi connectivity index (χ4v) is 15.3. The van der Waals surface area contributed by atoms with Gasteiger partial charge in [-0.05, 0) is 203 Å². The molecule has 5 atom stereocenters. The minimum atomic E-state index is -3.64. The summed E-state index contributed by atoms with van der Waals surface area (Å²) < 4.78 is 52.3. The molecule has 0 radical (unpaired) electrons. The summed E-state index contributed by atoms with van der Waals surface area (Å²) >= 11 is 7.28. The first-order valence-electron chi connectivity index (χ1n) is 23.3. The molecule has 1 aromatic rings. The summed E-state index contributed by atoms with van der Waals surface area (Å²) in [6.45, 7) is 6.53. The van der Waals surface area contributed by atoms with Gasteiger partial charge in [0.15, 0.2) is 0 Å². The molecule has 0 spiro atoms. The van der Waals surface area contributed by atoms with Crippen molar-refractivity contribution in [3.05, 3.63) is 30.3 Å². The molecule has 14 N–H and O–H groups in total. The average molecular weight is 1130 g/mol. The second-order valence-electron chi connectivity index (χ2n) is 16.7. The molecule has 0 fully saturated rings. The van der Waals surface area contributed by atoms with Crippen molar-refractivity contribution in [2.45, 2.75) is 65.8 Å². The van der Waals surface area contributed by atoms with Crippen LogP contribution in [0.1, 0.15) is 41.5 Å². The van der Waals surface area contributed by atoms with Crippen LogP contribution in [-0.2, 0) is 32.8 Å². The number of nitrogens with two attached hydrogens (primary N) is 1. The first kappa shape index (κ1) is 73.8. The van der Waals surface area contributed by atoms with Crippen molar-refractivity contribution in [1.82, 2.24) is 52.7 Å². The number of thiol groups is 1. The maximum absolute atomic E-state index is 13.5. The third kappa shape index (κ3) is 43.9. The lowest BCUT2D eigenvalue weighted by molar-refractivity contribution is -0.149. The molecule has 0 aliphatic carbocycles. The van der Waals surface area contributed by atoms with Crippen LogP contribution in [0.4, 0.5) is 0 Å². The van der Waals surface area contributed by atoms with Crippen LogP contribution >= 0.6 is 66.9 Å². The van der Waals surface area contributed by atoms with Gasteiger partial charge in [0.2, 0.25) is 0 Å². The molecular formula is C42H94N11O10P3S4. The van der Waals surface area contributed by atoms with Gasteiger partial charge in [-0.3, -0.25) is 24.2 Å². The monoisotopic (exact) mass is 1130 g/mol. The van der Waals surface area contributed by atoms with Crippen molar-refractivity contribution in [3.8, 4) is 5.75 Å². The van der Waals surface area contributed by atoms with Crippen molar-refractivity contribution in [3.63, 3.8) is 0 Å². The smallest absolute Gasteiger partial charge is 0.375 e. The van der Waals surface area contributed by atoms with Crippen LogP contribution in [0.5, 0.6) is 5.75 Å². The van der Waals surface area contributed by atoms with E-state index in [1.54, 1.807) is 46.8 Å². The second kappa shape index (κ2) is 44.8. The quantitative estimate of drug-likeness (QED) is 0.0260. The number of hydrogen-bond donors (Lipinski definition) is 14. The Hall–Kier alpha value is -0.470. The number of ether oxygens (including phenoxy) is 2. The molecular weight excluding hydrogens is 1040 g/mol. The van der Waals surface area contributed by atoms with E-state index >= 15 is 0 Å². The first-order chi connectivity index (χ1) is 32.8. The standard InChI is InChI=1S/C18H32N3O4PS.C12H28N3O4PS.C6H18N3O2PS.C6H16N2S/c1-14(2)24-18(22)15(3)21-26(23,25-17-9-7-6-8-10-17)27-13-16(11-19-4)12-20-5;1-9(2)19-12(16)10(3)15-20(17,18)21-8-11(6-13-4)7-14-5;1-8-3-6(4-9-2)5-13-12(7,10)11;1-7-3-6(5-9)4-8-2/h6-10,14-16,19-20H,11-13H2,1-5H3,(H,21,23);9-11,13-14H,6-8H2,1-5H3,(H2,15,17,18);6,8-9H,3-5H2,1-2H3,(H3,7,10,11);6-9H,3-5H2,1-2H3/t15-,26-;10-;;/m00../s1. The summed E-state index contributed by atoms with van der Waals surface area (Å²) in [5.41, 5.74) is 5.01. The highest BCUT2D eigenvalue weighted by atomic mass is 32.7. The molecule has 0 aliphatic rings. The number of para-hydroxylation sites is 1. The van der Waals surface area contributed by atoms with Gasteiger partial charge in [-0.1, -0.05) is 41.0 Å². The largest absolute Gasteiger partial charge is 0.462 e. The van der Waals surface area contributed by atoms with E-state index in [9.17, 15) is 28.2 Å². The summed E-state index contributed by atoms with van der Waals surface area (Å²) in [6.07, 6.45) is -0.484. The molecule has 0 heterocycles. The van der Waals surface area contributed by atoms with Gasteiger partial charge in [-0.25, -0.2) is 14.7 Å². The van der Waals surface area contributed by atoms with Crippen molar-refractivity contribution in [1.29, 1.82) is 0 Å². The van der Waals surface area contributed by atoms with E-state index in [4.69, 9.17) is 24.4 Å². The minimum absolute atomic E-state index is 0.227. The zero-order valence-electron chi connectivity index (χ0n) is 44.2. The van der Waals surface area contributed by atoms with Crippen molar-refractivity contribution in [2.75, 3.05) is 132 Å². The predicted octanol–water partition coefficient (Wildman–Crippen LogP) is 3.50. The number of nitrogens with one attached hydrogen (secondary N) is 10. The van der Waals surface area contributed by atoms with Crippen LogP contribution in [-0.4, -0.2) is 178 Å². The van der Waals surface area contributed by atoms with Gasteiger partial charge < -0.3 is 66.3 Å². The third-order valence-corrected chi connectivity index (χ3v) is 19.4. The number of hydrogen-bond acceptors (Lipinski definition) is 20. The Bertz CT molecular complexity index is 1570. The lowest BCUT2D eigenvalue weighted by Crippen LogP contribution is -2.35. The fourth-order valence-electron chi connectivity index (χ4n) is 5.71. The normalized spacial score (nSPS) is 14.9. The molecule has 0 aliphatic heterocycles. The molecule has 28 heteroatoms. The van der Waals surface area contributed by atoms with Gasteiger partial charge in [0, 0.05) is 17.3 Å². The third-order valence-electron chi connectivity index (χ3n) is 8.75. The molecule has 0 aromatic heterocycles. The summed E-state index contributed by atoms with van der Waals surface area (Å²) in [7, 11) is 15.1. The Labute approximate surface area is 439 Å². The lowest BCUT2D eigenvalue weighted by atomic mass is 10.2. The molecule has 0 saturated heterocycles. The van der Waals surface area contributed by atoms with E-state index in [1.165, 1.54) is 18.3 Å². The van der Waals surface area contributed by atoms with Crippen LogP contribution in [0.15, 0.2) is 30.3 Å². The van der Waals surface area contributed by atoms with Crippen molar-refractivity contribution in [2.24, 2.45) is 29.2 Å². The molecule has 0 amide bonds. The van der Waals surface area contributed by atoms with Crippen LogP contribution in [0, 0.1) is 23.7 Å². The molecule has 0 bridgehead atoms. The van der Waals surface area contributed by atoms with Gasteiger partial charge in [0.25, 0.3) is 0 Å². The Balaban J connectivity index is -0.000000923. The van der Waals surface area contributed by atoms with Crippen molar-refractivity contribution >= 4 is 78.9 Å². The van der Waals surface area contributed by atoms with Crippen LogP contribution < -0.4 is 62.7 Å². The highest BCUT2D eigenvalue weighted by Gasteiger charge is 2.33. The van der Waals surface area contributed by atoms with Crippen LogP contribution in [0.2, 0.25) is 0 Å². The summed E-state index contributed by atoms with van der Waals surface area (Å²) in [5.74, 6) is 3.62. The molecule has 1 aromatic carbocycles. The van der Waals surface area contributed by atoms with Gasteiger partial charge in [0.05, 0.1) is 12.2 Å². The van der Waals surface area contributed by atoms with E-state index in [2.05, 4.69) is 65.3 Å². The lowest BCUT2D eigenvalue weighted by Gasteiger charge is -2.25. The Kier molecular flexibility index (Phi) is 47.2. The number of esters is 2. The van der Waals surface area contributed by atoms with Gasteiger partial charge in [-0.2, -0.15) is 12.6 Å². The molecule has 416 valence electrons. The fraction of sp³-hybridized carbons (Fsp3) is 0.810.